The Balaban J connectivity index is 1.59. The average molecular weight is 394 g/mol. The number of nitrogens with zero attached hydrogens (tertiary/aromatic N) is 2. The van der Waals surface area contributed by atoms with Crippen LogP contribution in [0.4, 0.5) is 14.5 Å². The maximum absolute atomic E-state index is 13.6. The minimum atomic E-state index is -0.812. The SMILES string of the molecule is O=C(CSc1nccn1Cc1ccc(Cl)cc1)Nc1ccc(F)cc1F. The van der Waals surface area contributed by atoms with Gasteiger partial charge in [-0.15, -0.1) is 0 Å². The molecule has 0 saturated carbocycles. The van der Waals surface area contributed by atoms with Crippen LogP contribution in [-0.4, -0.2) is 21.2 Å². The zero-order valence-corrected chi connectivity index (χ0v) is 15.0. The number of carbonyl (C=O) groups is 1. The lowest BCUT2D eigenvalue weighted by molar-refractivity contribution is -0.113. The quantitative estimate of drug-likeness (QED) is 0.623. The molecule has 1 aromatic heterocycles. The van der Waals surface area contributed by atoms with Gasteiger partial charge in [-0.1, -0.05) is 35.5 Å². The summed E-state index contributed by atoms with van der Waals surface area (Å²) in [6.45, 7) is 0.591. The summed E-state index contributed by atoms with van der Waals surface area (Å²) in [5.41, 5.74) is 0.994. The van der Waals surface area contributed by atoms with Gasteiger partial charge in [-0.3, -0.25) is 4.79 Å². The molecule has 3 rings (SSSR count). The summed E-state index contributed by atoms with van der Waals surface area (Å²) in [6, 6.07) is 10.5. The van der Waals surface area contributed by atoms with Gasteiger partial charge in [0.25, 0.3) is 0 Å². The normalized spacial score (nSPS) is 10.7. The molecule has 0 aliphatic carbocycles. The molecule has 0 aliphatic heterocycles. The van der Waals surface area contributed by atoms with Crippen LogP contribution >= 0.6 is 23.4 Å². The third-order valence-corrected chi connectivity index (χ3v) is 4.74. The van der Waals surface area contributed by atoms with Crippen molar-refractivity contribution in [2.24, 2.45) is 0 Å². The Morgan fingerprint density at radius 2 is 1.96 bits per heavy atom. The van der Waals surface area contributed by atoms with E-state index < -0.39 is 17.5 Å². The van der Waals surface area contributed by atoms with Gasteiger partial charge in [0.2, 0.25) is 5.91 Å². The second-order valence-corrected chi connectivity index (χ2v) is 6.80. The van der Waals surface area contributed by atoms with Gasteiger partial charge in [0.05, 0.1) is 11.4 Å². The summed E-state index contributed by atoms with van der Waals surface area (Å²) in [7, 11) is 0. The van der Waals surface area contributed by atoms with Crippen molar-refractivity contribution in [3.8, 4) is 0 Å². The third kappa shape index (κ3) is 4.83. The highest BCUT2D eigenvalue weighted by Gasteiger charge is 2.11. The number of thioether (sulfide) groups is 1. The molecule has 134 valence electrons. The average Bonchev–Trinajstić information content (AvgIpc) is 3.05. The smallest absolute Gasteiger partial charge is 0.234 e. The fourth-order valence-electron chi connectivity index (χ4n) is 2.25. The Morgan fingerprint density at radius 3 is 2.69 bits per heavy atom. The number of nitrogens with one attached hydrogen (secondary N) is 1. The molecular formula is C18H14ClF2N3OS. The maximum atomic E-state index is 13.6. The molecule has 0 fully saturated rings. The predicted molar refractivity (Wildman–Crippen MR) is 98.5 cm³/mol. The van der Waals surface area contributed by atoms with Crippen LogP contribution in [0.3, 0.4) is 0 Å². The fourth-order valence-corrected chi connectivity index (χ4v) is 3.13. The van der Waals surface area contributed by atoms with Gasteiger partial charge in [-0.25, -0.2) is 13.8 Å². The second kappa shape index (κ2) is 8.33. The minimum absolute atomic E-state index is 0.0500. The van der Waals surface area contributed by atoms with Crippen LogP contribution < -0.4 is 5.32 Å². The van der Waals surface area contributed by atoms with Crippen LogP contribution in [0.5, 0.6) is 0 Å². The number of halogens is 3. The van der Waals surface area contributed by atoms with Crippen LogP contribution in [0.2, 0.25) is 5.02 Å². The molecule has 3 aromatic rings. The molecule has 1 heterocycles. The molecule has 1 amide bonds. The number of anilines is 1. The Kier molecular flexibility index (Phi) is 5.90. The van der Waals surface area contributed by atoms with E-state index in [4.69, 9.17) is 11.6 Å². The van der Waals surface area contributed by atoms with Gasteiger partial charge < -0.3 is 9.88 Å². The Hall–Kier alpha value is -2.38. The van der Waals surface area contributed by atoms with Gasteiger partial charge in [-0.05, 0) is 29.8 Å². The van der Waals surface area contributed by atoms with Crippen LogP contribution in [0, 0.1) is 11.6 Å². The third-order valence-electron chi connectivity index (χ3n) is 3.48. The summed E-state index contributed by atoms with van der Waals surface area (Å²) in [6.07, 6.45) is 3.46. The van der Waals surface area contributed by atoms with E-state index in [-0.39, 0.29) is 11.4 Å². The number of carbonyl (C=O) groups excluding carboxylic acids is 1. The first kappa shape index (κ1) is 18.4. The van der Waals surface area contributed by atoms with E-state index in [1.54, 1.807) is 6.20 Å². The van der Waals surface area contributed by atoms with Gasteiger partial charge >= 0.3 is 0 Å². The van der Waals surface area contributed by atoms with Crippen LogP contribution in [0.15, 0.2) is 60.0 Å². The summed E-state index contributed by atoms with van der Waals surface area (Å²) in [5.74, 6) is -1.86. The van der Waals surface area contributed by atoms with Gasteiger partial charge in [0.15, 0.2) is 5.16 Å². The van der Waals surface area contributed by atoms with Gasteiger partial charge in [0.1, 0.15) is 11.6 Å². The first-order valence-electron chi connectivity index (χ1n) is 7.64. The second-order valence-electron chi connectivity index (χ2n) is 5.43. The molecule has 8 heteroatoms. The van der Waals surface area contributed by atoms with Crippen LogP contribution in [0.25, 0.3) is 0 Å². The molecule has 0 radical (unpaired) electrons. The predicted octanol–water partition coefficient (Wildman–Crippen LogP) is 4.59. The number of amides is 1. The highest BCUT2D eigenvalue weighted by atomic mass is 35.5. The number of imidazole rings is 1. The van der Waals surface area contributed by atoms with E-state index >= 15 is 0 Å². The molecular weight excluding hydrogens is 380 g/mol. The van der Waals surface area contributed by atoms with Crippen LogP contribution in [-0.2, 0) is 11.3 Å². The minimum Gasteiger partial charge on any atom is -0.323 e. The molecule has 0 saturated heterocycles. The van der Waals surface area contributed by atoms with E-state index in [1.807, 2.05) is 35.0 Å². The Labute approximate surface area is 158 Å². The zero-order chi connectivity index (χ0) is 18.5. The Bertz CT molecular complexity index is 915. The zero-order valence-electron chi connectivity index (χ0n) is 13.5. The maximum Gasteiger partial charge on any atom is 0.234 e. The highest BCUT2D eigenvalue weighted by Crippen LogP contribution is 2.20. The number of hydrogen-bond acceptors (Lipinski definition) is 3. The molecule has 0 aliphatic rings. The molecule has 1 N–H and O–H groups in total. The summed E-state index contributed by atoms with van der Waals surface area (Å²) >= 11 is 7.11. The van der Waals surface area contributed by atoms with E-state index in [1.165, 1.54) is 17.8 Å². The monoisotopic (exact) mass is 393 g/mol. The van der Waals surface area contributed by atoms with Gasteiger partial charge in [0, 0.05) is 30.0 Å². The fraction of sp³-hybridized carbons (Fsp3) is 0.111. The molecule has 4 nitrogen and oxygen atoms in total. The lowest BCUT2D eigenvalue weighted by Gasteiger charge is -2.09. The number of aromatic nitrogens is 2. The van der Waals surface area contributed by atoms with Crippen molar-refractivity contribution in [1.82, 2.24) is 9.55 Å². The topological polar surface area (TPSA) is 46.9 Å². The Morgan fingerprint density at radius 1 is 1.19 bits per heavy atom. The van der Waals surface area contributed by atoms with Crippen molar-refractivity contribution in [3.05, 3.63) is 77.1 Å². The molecule has 2 aromatic carbocycles. The van der Waals surface area contributed by atoms with E-state index in [9.17, 15) is 13.6 Å². The first-order valence-corrected chi connectivity index (χ1v) is 9.01. The van der Waals surface area contributed by atoms with Crippen molar-refractivity contribution in [2.75, 3.05) is 11.1 Å². The lowest BCUT2D eigenvalue weighted by atomic mass is 10.2. The van der Waals surface area contributed by atoms with Crippen molar-refractivity contribution in [1.29, 1.82) is 0 Å². The molecule has 0 atom stereocenters. The number of hydrogen-bond donors (Lipinski definition) is 1. The molecule has 0 bridgehead atoms. The molecule has 0 unspecified atom stereocenters. The van der Waals surface area contributed by atoms with Crippen molar-refractivity contribution in [2.45, 2.75) is 11.7 Å². The van der Waals surface area contributed by atoms with Crippen LogP contribution in [0.1, 0.15) is 5.56 Å². The van der Waals surface area contributed by atoms with Gasteiger partial charge in [-0.2, -0.15) is 0 Å². The number of rotatable bonds is 6. The van der Waals surface area contributed by atoms with Crippen molar-refractivity contribution < 1.29 is 13.6 Å². The van der Waals surface area contributed by atoms with E-state index in [0.29, 0.717) is 16.7 Å². The standard InChI is InChI=1S/C18H14ClF2N3OS/c19-13-3-1-12(2-4-13)10-24-8-7-22-18(24)26-11-17(25)23-16-6-5-14(20)9-15(16)21/h1-9H,10-11H2,(H,23,25). The summed E-state index contributed by atoms with van der Waals surface area (Å²) in [5, 5.41) is 3.75. The van der Waals surface area contributed by atoms with E-state index in [0.717, 1.165) is 17.7 Å². The highest BCUT2D eigenvalue weighted by molar-refractivity contribution is 7.99. The van der Waals surface area contributed by atoms with Crippen molar-refractivity contribution in [3.63, 3.8) is 0 Å². The molecule has 26 heavy (non-hydrogen) atoms. The molecule has 0 spiro atoms. The van der Waals surface area contributed by atoms with Crippen molar-refractivity contribution >= 4 is 35.0 Å². The first-order chi connectivity index (χ1) is 12.5. The largest absolute Gasteiger partial charge is 0.323 e. The summed E-state index contributed by atoms with van der Waals surface area (Å²) < 4.78 is 28.4. The van der Waals surface area contributed by atoms with E-state index in [2.05, 4.69) is 10.3 Å². The number of benzene rings is 2. The summed E-state index contributed by atoms with van der Waals surface area (Å²) in [4.78, 5) is 16.2. The lowest BCUT2D eigenvalue weighted by Crippen LogP contribution is -2.15.